The van der Waals surface area contributed by atoms with E-state index in [1.54, 1.807) is 17.1 Å². The van der Waals surface area contributed by atoms with E-state index in [1.807, 2.05) is 0 Å². The predicted molar refractivity (Wildman–Crippen MR) is 103 cm³/mol. The van der Waals surface area contributed by atoms with Gasteiger partial charge in [0.05, 0.1) is 12.7 Å². The lowest BCUT2D eigenvalue weighted by molar-refractivity contribution is -0.117. The van der Waals surface area contributed by atoms with E-state index >= 15 is 4.39 Å². The molecule has 0 spiro atoms. The van der Waals surface area contributed by atoms with Crippen molar-refractivity contribution in [2.45, 2.75) is 31.3 Å². The summed E-state index contributed by atoms with van der Waals surface area (Å²) < 4.78 is 32.2. The second-order valence-corrected chi connectivity index (χ2v) is 8.65. The fraction of sp³-hybridized carbons (Fsp3) is 0.444. The first-order chi connectivity index (χ1) is 13.3. The van der Waals surface area contributed by atoms with Gasteiger partial charge in [0, 0.05) is 22.9 Å². The van der Waals surface area contributed by atoms with E-state index in [0.717, 1.165) is 17.1 Å². The molecule has 1 aliphatic carbocycles. The zero-order chi connectivity index (χ0) is 20.1. The number of carbonyl (C=O) groups excluding carboxylic acids is 1. The number of benzene rings is 1. The number of carbonyl (C=O) groups is 1. The molecular formula is C18H22FN5O3S. The number of hydrogen-bond donors (Lipinski definition) is 2. The topological polar surface area (TPSA) is 90.7 Å². The second kappa shape index (κ2) is 6.85. The molecule has 1 aliphatic heterocycles. The van der Waals surface area contributed by atoms with E-state index in [4.69, 9.17) is 0 Å². The van der Waals surface area contributed by atoms with E-state index in [-0.39, 0.29) is 29.1 Å². The fourth-order valence-corrected chi connectivity index (χ4v) is 4.72. The number of nitrogens with one attached hydrogen (secondary N) is 1. The van der Waals surface area contributed by atoms with Crippen LogP contribution in [-0.2, 0) is 22.5 Å². The summed E-state index contributed by atoms with van der Waals surface area (Å²) in [6.07, 6.45) is 6.71. The predicted octanol–water partition coefficient (Wildman–Crippen LogP) is 1.39. The summed E-state index contributed by atoms with van der Waals surface area (Å²) in [4.78, 5) is 13.7. The van der Waals surface area contributed by atoms with Crippen LogP contribution in [0.3, 0.4) is 0 Å². The molecule has 1 atom stereocenters. The fourth-order valence-electron chi connectivity index (χ4n) is 3.77. The van der Waals surface area contributed by atoms with Gasteiger partial charge in [-0.1, -0.05) is 0 Å². The summed E-state index contributed by atoms with van der Waals surface area (Å²) >= 11 is -1.93. The second-order valence-electron chi connectivity index (χ2n) is 7.50. The maximum Gasteiger partial charge on any atom is 0.253 e. The molecule has 2 N–H and O–H groups in total. The van der Waals surface area contributed by atoms with Crippen LogP contribution >= 0.6 is 0 Å². The van der Waals surface area contributed by atoms with Crippen molar-refractivity contribution in [3.8, 4) is 16.9 Å². The van der Waals surface area contributed by atoms with Crippen molar-refractivity contribution in [1.82, 2.24) is 19.4 Å². The molecule has 1 saturated carbocycles. The van der Waals surface area contributed by atoms with Crippen molar-refractivity contribution in [3.63, 3.8) is 0 Å². The molecule has 2 fully saturated rings. The molecule has 4 rings (SSSR count). The summed E-state index contributed by atoms with van der Waals surface area (Å²) in [5.74, 6) is -1.61. The third-order valence-corrected chi connectivity index (χ3v) is 6.78. The van der Waals surface area contributed by atoms with Crippen molar-refractivity contribution >= 4 is 22.8 Å². The molecular weight excluding hydrogens is 385 g/mol. The zero-order valence-corrected chi connectivity index (χ0v) is 16.5. The highest BCUT2D eigenvalue weighted by Gasteiger charge is 2.39. The van der Waals surface area contributed by atoms with Gasteiger partial charge in [-0.25, -0.2) is 8.60 Å². The number of amides is 1. The standard InChI is InChI=1S/C18H22FN5O3S/c1-22(2)18(6-3-7-18)11-23-9-12(8-20-23)13-4-5-14(25)17(16(13)19)24-10-15(26)21-28(24)27/h4-5,8-9,25H,3,6-7,10-11H2,1-2H3,(H,21,26). The highest BCUT2D eigenvalue weighted by Crippen LogP contribution is 2.39. The molecule has 8 nitrogen and oxygen atoms in total. The molecule has 150 valence electrons. The van der Waals surface area contributed by atoms with Crippen molar-refractivity contribution in [3.05, 3.63) is 30.3 Å². The average molecular weight is 407 g/mol. The number of aromatic nitrogens is 2. The van der Waals surface area contributed by atoms with Gasteiger partial charge >= 0.3 is 0 Å². The Labute approximate surface area is 164 Å². The van der Waals surface area contributed by atoms with Gasteiger partial charge in [0.15, 0.2) is 5.82 Å². The third kappa shape index (κ3) is 3.06. The Morgan fingerprint density at radius 3 is 2.71 bits per heavy atom. The van der Waals surface area contributed by atoms with Gasteiger partial charge in [0.2, 0.25) is 11.2 Å². The highest BCUT2D eigenvalue weighted by molar-refractivity contribution is 7.85. The molecule has 1 aromatic carbocycles. The number of aromatic hydroxyl groups is 1. The largest absolute Gasteiger partial charge is 0.506 e. The molecule has 1 aromatic heterocycles. The van der Waals surface area contributed by atoms with Gasteiger partial charge < -0.3 is 10.0 Å². The molecule has 1 saturated heterocycles. The van der Waals surface area contributed by atoms with E-state index in [1.165, 1.54) is 18.6 Å². The Morgan fingerprint density at radius 2 is 2.14 bits per heavy atom. The number of rotatable bonds is 5. The van der Waals surface area contributed by atoms with Crippen LogP contribution in [0.25, 0.3) is 11.1 Å². The van der Waals surface area contributed by atoms with Crippen LogP contribution in [0.15, 0.2) is 24.5 Å². The normalized spacial score (nSPS) is 21.1. The van der Waals surface area contributed by atoms with E-state index < -0.39 is 22.9 Å². The number of hydrogen-bond acceptors (Lipinski definition) is 5. The summed E-state index contributed by atoms with van der Waals surface area (Å²) in [5, 5.41) is 14.5. The molecule has 10 heteroatoms. The van der Waals surface area contributed by atoms with Gasteiger partial charge in [0.25, 0.3) is 5.91 Å². The number of nitrogens with zero attached hydrogens (tertiary/aromatic N) is 4. The summed E-state index contributed by atoms with van der Waals surface area (Å²) in [6, 6.07) is 2.78. The lowest BCUT2D eigenvalue weighted by Crippen LogP contribution is -2.53. The van der Waals surface area contributed by atoms with Gasteiger partial charge in [-0.3, -0.25) is 18.5 Å². The average Bonchev–Trinajstić information content (AvgIpc) is 3.17. The lowest BCUT2D eigenvalue weighted by Gasteiger charge is -2.47. The Morgan fingerprint density at radius 1 is 1.39 bits per heavy atom. The molecule has 1 unspecified atom stereocenters. The molecule has 0 bridgehead atoms. The lowest BCUT2D eigenvalue weighted by atomic mass is 9.75. The van der Waals surface area contributed by atoms with Crippen LogP contribution in [0.2, 0.25) is 0 Å². The van der Waals surface area contributed by atoms with Crippen LogP contribution in [0.4, 0.5) is 10.1 Å². The van der Waals surface area contributed by atoms with Gasteiger partial charge in [-0.2, -0.15) is 5.10 Å². The Hall–Kier alpha value is -2.46. The monoisotopic (exact) mass is 407 g/mol. The number of phenols is 1. The van der Waals surface area contributed by atoms with E-state index in [2.05, 4.69) is 28.8 Å². The SMILES string of the molecule is CN(C)C1(Cn2cc(-c3ccc(O)c(N4CC(=O)NS4=O)c3F)cn2)CCC1. The van der Waals surface area contributed by atoms with Crippen molar-refractivity contribution in [2.24, 2.45) is 0 Å². The smallest absolute Gasteiger partial charge is 0.253 e. The zero-order valence-electron chi connectivity index (χ0n) is 15.7. The number of anilines is 1. The van der Waals surface area contributed by atoms with Crippen LogP contribution in [0.5, 0.6) is 5.75 Å². The van der Waals surface area contributed by atoms with Crippen LogP contribution in [0.1, 0.15) is 19.3 Å². The summed E-state index contributed by atoms with van der Waals surface area (Å²) in [5.41, 5.74) is 0.588. The molecule has 28 heavy (non-hydrogen) atoms. The van der Waals surface area contributed by atoms with Crippen molar-refractivity contribution in [1.29, 1.82) is 0 Å². The Kier molecular flexibility index (Phi) is 4.62. The quantitative estimate of drug-likeness (QED) is 0.782. The molecule has 2 aliphatic rings. The molecule has 1 amide bonds. The first-order valence-electron chi connectivity index (χ1n) is 9.01. The van der Waals surface area contributed by atoms with Crippen LogP contribution < -0.4 is 9.03 Å². The van der Waals surface area contributed by atoms with Crippen molar-refractivity contribution in [2.75, 3.05) is 24.9 Å². The summed E-state index contributed by atoms with van der Waals surface area (Å²) in [7, 11) is 4.11. The Bertz CT molecular complexity index is 957. The number of likely N-dealkylation sites (N-methyl/N-ethyl adjacent to an activating group) is 1. The van der Waals surface area contributed by atoms with E-state index in [9.17, 15) is 14.1 Å². The highest BCUT2D eigenvalue weighted by atomic mass is 32.2. The number of phenolic OH excluding ortho intramolecular Hbond substituents is 1. The van der Waals surface area contributed by atoms with Gasteiger partial charge in [-0.15, -0.1) is 0 Å². The minimum atomic E-state index is -1.93. The van der Waals surface area contributed by atoms with Crippen molar-refractivity contribution < 1.29 is 18.5 Å². The molecule has 2 aromatic rings. The van der Waals surface area contributed by atoms with Crippen LogP contribution in [0, 0.1) is 5.82 Å². The molecule has 0 radical (unpaired) electrons. The maximum absolute atomic E-state index is 15.2. The van der Waals surface area contributed by atoms with Crippen LogP contribution in [-0.4, -0.2) is 56.1 Å². The first kappa shape index (κ1) is 18.9. The number of halogens is 1. The summed E-state index contributed by atoms with van der Waals surface area (Å²) in [6.45, 7) is 0.423. The third-order valence-electron chi connectivity index (χ3n) is 5.67. The molecule has 2 heterocycles. The first-order valence-corrected chi connectivity index (χ1v) is 10.1. The minimum absolute atomic E-state index is 0.0699. The van der Waals surface area contributed by atoms with Gasteiger partial charge in [0.1, 0.15) is 18.0 Å². The van der Waals surface area contributed by atoms with Gasteiger partial charge in [-0.05, 0) is 45.5 Å². The van der Waals surface area contributed by atoms with E-state index in [0.29, 0.717) is 12.1 Å². The minimum Gasteiger partial charge on any atom is -0.506 e. The maximum atomic E-state index is 15.2. The Balaban J connectivity index is 1.66.